The van der Waals surface area contributed by atoms with Crippen molar-refractivity contribution in [3.63, 3.8) is 0 Å². The summed E-state index contributed by atoms with van der Waals surface area (Å²) in [4.78, 5) is 17.9. The van der Waals surface area contributed by atoms with Crippen molar-refractivity contribution in [3.8, 4) is 0 Å². The normalized spacial score (nSPS) is 22.5. The number of nitro groups is 1. The Morgan fingerprint density at radius 2 is 1.78 bits per heavy atom. The van der Waals surface area contributed by atoms with Crippen molar-refractivity contribution in [2.24, 2.45) is 4.99 Å². The highest BCUT2D eigenvalue weighted by Crippen LogP contribution is 2.42. The topological polar surface area (TPSA) is 77.2 Å². The smallest absolute Gasteiger partial charge is 0.270 e. The summed E-state index contributed by atoms with van der Waals surface area (Å²) in [6, 6.07) is 24.5. The van der Waals surface area contributed by atoms with Crippen molar-refractivity contribution in [1.82, 2.24) is 0 Å². The molecular weight excluding hydrogens is 406 g/mol. The fraction of sp³-hybridized carbons (Fsp3) is 0.200. The first-order valence-electron chi connectivity index (χ1n) is 10.4. The largest absolute Gasteiger partial charge is 0.475 e. The van der Waals surface area contributed by atoms with Crippen molar-refractivity contribution < 1.29 is 14.4 Å². The van der Waals surface area contributed by atoms with Gasteiger partial charge in [-0.1, -0.05) is 60.7 Å². The van der Waals surface area contributed by atoms with E-state index < -0.39 is 10.5 Å². The Morgan fingerprint density at radius 3 is 2.50 bits per heavy atom. The van der Waals surface area contributed by atoms with Gasteiger partial charge in [-0.3, -0.25) is 10.1 Å². The molecule has 0 bridgehead atoms. The van der Waals surface area contributed by atoms with Crippen molar-refractivity contribution in [2.75, 3.05) is 18.1 Å². The van der Waals surface area contributed by atoms with Gasteiger partial charge in [0.05, 0.1) is 28.3 Å². The zero-order valence-electron chi connectivity index (χ0n) is 17.5. The second-order valence-corrected chi connectivity index (χ2v) is 8.06. The molecule has 32 heavy (non-hydrogen) atoms. The van der Waals surface area contributed by atoms with Crippen molar-refractivity contribution in [3.05, 3.63) is 112 Å². The van der Waals surface area contributed by atoms with E-state index in [-0.39, 0.29) is 11.7 Å². The molecule has 0 saturated carbocycles. The lowest BCUT2D eigenvalue weighted by molar-refractivity contribution is -0.384. The second-order valence-electron chi connectivity index (χ2n) is 8.06. The molecule has 0 spiro atoms. The standard InChI is InChI=1S/C25H22N3O4/c1-25(19-10-6-3-7-11-19)16-31-17-27(25)23-13-12-20(28(29)30)14-21(23)24-26-22(15-32-24)18-8-4-2-5-9-18/h2-14,17,22H,15-16H2,1H3/t22-,25-/m0/s1. The van der Waals surface area contributed by atoms with Gasteiger partial charge in [0.15, 0.2) is 6.73 Å². The van der Waals surface area contributed by atoms with Crippen LogP contribution < -0.4 is 4.90 Å². The molecule has 0 N–H and O–H groups in total. The predicted molar refractivity (Wildman–Crippen MR) is 121 cm³/mol. The molecule has 1 radical (unpaired) electrons. The summed E-state index contributed by atoms with van der Waals surface area (Å²) < 4.78 is 11.7. The van der Waals surface area contributed by atoms with Crippen LogP contribution in [0.5, 0.6) is 0 Å². The minimum atomic E-state index is -0.482. The number of hydrogen-bond donors (Lipinski definition) is 0. The first-order chi connectivity index (χ1) is 15.6. The summed E-state index contributed by atoms with van der Waals surface area (Å²) in [5.74, 6) is 0.397. The Balaban J connectivity index is 1.59. The van der Waals surface area contributed by atoms with Gasteiger partial charge in [0.25, 0.3) is 5.69 Å². The van der Waals surface area contributed by atoms with Gasteiger partial charge in [-0.05, 0) is 24.1 Å². The molecule has 2 heterocycles. The van der Waals surface area contributed by atoms with E-state index in [1.54, 1.807) is 12.8 Å². The number of non-ortho nitro benzene ring substituents is 1. The molecule has 0 aromatic heterocycles. The highest BCUT2D eigenvalue weighted by atomic mass is 16.6. The second kappa shape index (κ2) is 8.09. The lowest BCUT2D eigenvalue weighted by atomic mass is 9.91. The van der Waals surface area contributed by atoms with Gasteiger partial charge in [-0.2, -0.15) is 0 Å². The summed E-state index contributed by atoms with van der Waals surface area (Å²) in [5, 5.41) is 11.5. The van der Waals surface area contributed by atoms with E-state index in [2.05, 4.69) is 19.1 Å². The Bertz CT molecular complexity index is 1170. The maximum Gasteiger partial charge on any atom is 0.270 e. The third-order valence-electron chi connectivity index (χ3n) is 5.99. The monoisotopic (exact) mass is 428 g/mol. The molecule has 0 aliphatic carbocycles. The van der Waals surface area contributed by atoms with Crippen LogP contribution in [0.3, 0.4) is 0 Å². The first-order valence-corrected chi connectivity index (χ1v) is 10.4. The van der Waals surface area contributed by atoms with E-state index in [9.17, 15) is 10.1 Å². The molecule has 161 valence electrons. The van der Waals surface area contributed by atoms with Crippen LogP contribution in [0.2, 0.25) is 0 Å². The van der Waals surface area contributed by atoms with Crippen LogP contribution in [-0.4, -0.2) is 24.0 Å². The van der Waals surface area contributed by atoms with Crippen LogP contribution >= 0.6 is 0 Å². The zero-order valence-corrected chi connectivity index (χ0v) is 17.5. The van der Waals surface area contributed by atoms with Crippen LogP contribution in [0.4, 0.5) is 11.4 Å². The van der Waals surface area contributed by atoms with Gasteiger partial charge in [-0.15, -0.1) is 0 Å². The van der Waals surface area contributed by atoms with Crippen molar-refractivity contribution in [2.45, 2.75) is 18.5 Å². The average Bonchev–Trinajstić information content (AvgIpc) is 3.48. The summed E-state index contributed by atoms with van der Waals surface area (Å²) in [6.07, 6.45) is 0. The van der Waals surface area contributed by atoms with Gasteiger partial charge in [0.1, 0.15) is 12.6 Å². The fourth-order valence-electron chi connectivity index (χ4n) is 4.19. The van der Waals surface area contributed by atoms with E-state index in [4.69, 9.17) is 14.5 Å². The Morgan fingerprint density at radius 1 is 1.06 bits per heavy atom. The summed E-state index contributed by atoms with van der Waals surface area (Å²) in [5.41, 5.74) is 2.94. The van der Waals surface area contributed by atoms with Gasteiger partial charge in [-0.25, -0.2) is 4.99 Å². The fourth-order valence-corrected chi connectivity index (χ4v) is 4.19. The van der Waals surface area contributed by atoms with E-state index in [1.807, 2.05) is 53.4 Å². The number of anilines is 1. The number of ether oxygens (including phenoxy) is 2. The number of hydrogen-bond acceptors (Lipinski definition) is 6. The number of benzene rings is 3. The molecule has 3 aromatic carbocycles. The van der Waals surface area contributed by atoms with Gasteiger partial charge < -0.3 is 14.4 Å². The third-order valence-corrected chi connectivity index (χ3v) is 5.99. The molecule has 1 fully saturated rings. The average molecular weight is 428 g/mol. The zero-order chi connectivity index (χ0) is 22.1. The number of nitro benzene ring substituents is 1. The lowest BCUT2D eigenvalue weighted by Crippen LogP contribution is -2.40. The van der Waals surface area contributed by atoms with Crippen LogP contribution in [0.15, 0.2) is 83.9 Å². The molecule has 2 atom stereocenters. The van der Waals surface area contributed by atoms with Crippen LogP contribution in [0.25, 0.3) is 0 Å². The predicted octanol–water partition coefficient (Wildman–Crippen LogP) is 4.98. The summed E-state index contributed by atoms with van der Waals surface area (Å²) in [7, 11) is 0. The molecular formula is C25H22N3O4. The SMILES string of the molecule is C[C@@]1(c2ccccc2)CO[CH]N1c1ccc([N+](=O)[O-])cc1C1=N[C@H](c2ccccc2)CO1. The maximum absolute atomic E-state index is 11.5. The van der Waals surface area contributed by atoms with Crippen molar-refractivity contribution in [1.29, 1.82) is 0 Å². The van der Waals surface area contributed by atoms with Gasteiger partial charge >= 0.3 is 0 Å². The van der Waals surface area contributed by atoms with E-state index in [0.29, 0.717) is 24.7 Å². The minimum Gasteiger partial charge on any atom is -0.475 e. The third kappa shape index (κ3) is 3.50. The molecule has 0 unspecified atom stereocenters. The van der Waals surface area contributed by atoms with E-state index in [1.165, 1.54) is 12.1 Å². The first kappa shape index (κ1) is 20.2. The highest BCUT2D eigenvalue weighted by Gasteiger charge is 2.42. The maximum atomic E-state index is 11.5. The summed E-state index contributed by atoms with van der Waals surface area (Å²) in [6.45, 7) is 4.59. The van der Waals surface area contributed by atoms with Gasteiger partial charge in [0.2, 0.25) is 5.90 Å². The van der Waals surface area contributed by atoms with Crippen LogP contribution in [-0.2, 0) is 15.0 Å². The molecule has 1 saturated heterocycles. The number of nitrogens with zero attached hydrogens (tertiary/aromatic N) is 3. The van der Waals surface area contributed by atoms with Crippen molar-refractivity contribution >= 4 is 17.3 Å². The summed E-state index contributed by atoms with van der Waals surface area (Å²) >= 11 is 0. The Labute approximate surface area is 186 Å². The number of rotatable bonds is 5. The molecule has 2 aliphatic rings. The van der Waals surface area contributed by atoms with Crippen LogP contribution in [0.1, 0.15) is 29.7 Å². The Hall–Kier alpha value is -3.71. The van der Waals surface area contributed by atoms with Crippen LogP contribution in [0, 0.1) is 16.8 Å². The quantitative estimate of drug-likeness (QED) is 0.423. The molecule has 5 rings (SSSR count). The Kier molecular flexibility index (Phi) is 5.11. The lowest BCUT2D eigenvalue weighted by Gasteiger charge is -2.35. The van der Waals surface area contributed by atoms with E-state index in [0.717, 1.165) is 16.8 Å². The molecule has 0 amide bonds. The van der Waals surface area contributed by atoms with E-state index >= 15 is 0 Å². The minimum absolute atomic E-state index is 0.0141. The molecule has 2 aliphatic heterocycles. The molecule has 3 aromatic rings. The van der Waals surface area contributed by atoms with Gasteiger partial charge in [0, 0.05) is 12.1 Å². The highest BCUT2D eigenvalue weighted by molar-refractivity contribution is 6.01. The number of aliphatic imine (C=N–C) groups is 1. The molecule has 7 heteroatoms. The molecule has 7 nitrogen and oxygen atoms in total.